The number of aromatic nitrogens is 1. The number of fused-ring (bicyclic) bond motifs is 1. The van der Waals surface area contributed by atoms with Crippen LogP contribution >= 0.6 is 7.92 Å². The van der Waals surface area contributed by atoms with E-state index in [9.17, 15) is 0 Å². The molecule has 2 aliphatic carbocycles. The Kier molecular flexibility index (Phi) is 7.68. The second kappa shape index (κ2) is 10.9. The maximum absolute atomic E-state index is 5.34. The maximum atomic E-state index is 5.34. The van der Waals surface area contributed by atoms with Gasteiger partial charge in [0.15, 0.2) is 0 Å². The molecule has 3 aromatic rings. The van der Waals surface area contributed by atoms with Gasteiger partial charge in [0.05, 0.1) is 22.6 Å². The minimum absolute atomic E-state index is 0.188. The van der Waals surface area contributed by atoms with E-state index in [-0.39, 0.29) is 7.92 Å². The molecule has 2 saturated carbocycles. The van der Waals surface area contributed by atoms with E-state index in [2.05, 4.69) is 70.2 Å². The van der Waals surface area contributed by atoms with E-state index < -0.39 is 0 Å². The number of para-hydroxylation sites is 1. The third-order valence-electron chi connectivity index (χ3n) is 8.20. The van der Waals surface area contributed by atoms with Crippen molar-refractivity contribution in [3.63, 3.8) is 0 Å². The Balaban J connectivity index is 1.58. The highest BCUT2D eigenvalue weighted by atomic mass is 31.1. The molecule has 2 aromatic carbocycles. The number of benzene rings is 2. The Morgan fingerprint density at radius 3 is 2.00 bits per heavy atom. The molecule has 0 aliphatic heterocycles. The summed E-state index contributed by atoms with van der Waals surface area (Å²) in [6, 6.07) is 15.9. The lowest BCUT2D eigenvalue weighted by Crippen LogP contribution is -2.27. The molecule has 0 N–H and O–H groups in total. The fraction of sp³-hybridized carbons (Fsp3) is 0.500. The first-order valence-corrected chi connectivity index (χ1v) is 15.3. The van der Waals surface area contributed by atoms with Crippen LogP contribution in [0.3, 0.4) is 0 Å². The van der Waals surface area contributed by atoms with E-state index in [0.29, 0.717) is 0 Å². The van der Waals surface area contributed by atoms with Crippen LogP contribution in [-0.2, 0) is 0 Å². The number of nitrogens with zero attached hydrogens (tertiary/aromatic N) is 2. The lowest BCUT2D eigenvalue weighted by molar-refractivity contribution is 0.487. The molecule has 0 radical (unpaired) electrons. The van der Waals surface area contributed by atoms with Crippen molar-refractivity contribution in [1.82, 2.24) is 4.98 Å². The second-order valence-electron chi connectivity index (χ2n) is 11.0. The first kappa shape index (κ1) is 24.6. The van der Waals surface area contributed by atoms with Gasteiger partial charge in [0, 0.05) is 10.7 Å². The molecule has 35 heavy (non-hydrogen) atoms. The molecule has 2 nitrogen and oxygen atoms in total. The number of aliphatic imine (C=N–C) groups is 1. The van der Waals surface area contributed by atoms with Crippen molar-refractivity contribution >= 4 is 35.5 Å². The highest BCUT2D eigenvalue weighted by Crippen LogP contribution is 2.55. The molecule has 1 heterocycles. The summed E-state index contributed by atoms with van der Waals surface area (Å²) in [6.45, 7) is 8.61. The van der Waals surface area contributed by atoms with Gasteiger partial charge in [0.25, 0.3) is 0 Å². The van der Waals surface area contributed by atoms with Gasteiger partial charge in [-0.15, -0.1) is 0 Å². The molecule has 0 spiro atoms. The van der Waals surface area contributed by atoms with Crippen LogP contribution in [0.25, 0.3) is 10.9 Å². The average Bonchev–Trinajstić information content (AvgIpc) is 2.87. The number of pyridine rings is 1. The molecule has 0 atom stereocenters. The summed E-state index contributed by atoms with van der Waals surface area (Å²) in [6.07, 6.45) is 14.2. The van der Waals surface area contributed by atoms with Crippen LogP contribution < -0.4 is 5.30 Å². The third kappa shape index (κ3) is 5.39. The Bertz CT molecular complexity index is 1170. The van der Waals surface area contributed by atoms with Crippen LogP contribution in [0.5, 0.6) is 0 Å². The molecule has 5 rings (SSSR count). The summed E-state index contributed by atoms with van der Waals surface area (Å²) in [5.74, 6) is 0. The van der Waals surface area contributed by atoms with Crippen molar-refractivity contribution < 1.29 is 0 Å². The van der Waals surface area contributed by atoms with Gasteiger partial charge in [-0.05, 0) is 81.9 Å². The Morgan fingerprint density at radius 1 is 0.800 bits per heavy atom. The zero-order chi connectivity index (χ0) is 24.4. The van der Waals surface area contributed by atoms with Crippen LogP contribution in [0.2, 0.25) is 0 Å². The molecule has 0 saturated heterocycles. The van der Waals surface area contributed by atoms with E-state index in [0.717, 1.165) is 28.4 Å². The first-order chi connectivity index (χ1) is 17.0. The van der Waals surface area contributed by atoms with E-state index in [4.69, 9.17) is 9.98 Å². The lowest BCUT2D eigenvalue weighted by atomic mass is 9.99. The summed E-state index contributed by atoms with van der Waals surface area (Å²) in [4.78, 5) is 10.4. The summed E-state index contributed by atoms with van der Waals surface area (Å²) in [5, 5.41) is 2.87. The highest BCUT2D eigenvalue weighted by molar-refractivity contribution is 7.67. The third-order valence-corrected chi connectivity index (χ3v) is 11.7. The highest BCUT2D eigenvalue weighted by Gasteiger charge is 2.33. The summed E-state index contributed by atoms with van der Waals surface area (Å²) >= 11 is 0. The van der Waals surface area contributed by atoms with E-state index in [1.807, 2.05) is 0 Å². The number of hydrogen-bond acceptors (Lipinski definition) is 2. The van der Waals surface area contributed by atoms with Gasteiger partial charge in [0.2, 0.25) is 0 Å². The molecule has 1 aromatic heterocycles. The molecule has 0 unspecified atom stereocenters. The van der Waals surface area contributed by atoms with Crippen molar-refractivity contribution in [2.45, 2.75) is 103 Å². The monoisotopic (exact) mass is 484 g/mol. The smallest absolute Gasteiger partial charge is 0.0849 e. The van der Waals surface area contributed by atoms with Crippen molar-refractivity contribution in [2.24, 2.45) is 4.99 Å². The molecule has 2 fully saturated rings. The van der Waals surface area contributed by atoms with Crippen molar-refractivity contribution in [3.8, 4) is 0 Å². The summed E-state index contributed by atoms with van der Waals surface area (Å²) in [5.41, 5.74) is 9.90. The topological polar surface area (TPSA) is 25.2 Å². The largest absolute Gasteiger partial charge is 0.251 e. The predicted molar refractivity (Wildman–Crippen MR) is 155 cm³/mol. The van der Waals surface area contributed by atoms with Gasteiger partial charge in [-0.25, -0.2) is 4.98 Å². The second-order valence-corrected chi connectivity index (χ2v) is 13.7. The van der Waals surface area contributed by atoms with Gasteiger partial charge < -0.3 is 0 Å². The Morgan fingerprint density at radius 2 is 1.40 bits per heavy atom. The number of hydrogen-bond donors (Lipinski definition) is 0. The summed E-state index contributed by atoms with van der Waals surface area (Å²) in [7, 11) is -0.188. The predicted octanol–water partition coefficient (Wildman–Crippen LogP) is 9.07. The molecule has 0 bridgehead atoms. The summed E-state index contributed by atoms with van der Waals surface area (Å²) < 4.78 is 0. The molecule has 0 amide bonds. The van der Waals surface area contributed by atoms with Gasteiger partial charge in [-0.3, -0.25) is 4.99 Å². The van der Waals surface area contributed by atoms with Crippen LogP contribution in [-0.4, -0.2) is 22.0 Å². The molecule has 2 aliphatic rings. The normalized spacial score (nSPS) is 18.5. The Labute approximate surface area is 213 Å². The van der Waals surface area contributed by atoms with Crippen LogP contribution in [0, 0.1) is 20.8 Å². The van der Waals surface area contributed by atoms with Gasteiger partial charge in [-0.2, -0.15) is 0 Å². The van der Waals surface area contributed by atoms with E-state index in [1.165, 1.54) is 91.8 Å². The minimum Gasteiger partial charge on any atom is -0.251 e. The van der Waals surface area contributed by atoms with E-state index in [1.54, 1.807) is 5.30 Å². The average molecular weight is 485 g/mol. The van der Waals surface area contributed by atoms with Gasteiger partial charge in [0.1, 0.15) is 0 Å². The molecular weight excluding hydrogens is 443 g/mol. The van der Waals surface area contributed by atoms with E-state index >= 15 is 0 Å². The van der Waals surface area contributed by atoms with Crippen LogP contribution in [0.15, 0.2) is 47.5 Å². The number of rotatable bonds is 5. The fourth-order valence-electron chi connectivity index (χ4n) is 6.52. The van der Waals surface area contributed by atoms with Crippen LogP contribution in [0.4, 0.5) is 5.69 Å². The maximum Gasteiger partial charge on any atom is 0.0849 e. The standard InChI is InChI=1S/C32H41N2P/c1-22-20-23(2)31(24(3)21-22)33-25(4)29-19-18-26-12-11-17-30(32(26)34-29)35(27-13-7-5-8-14-27)28-15-9-6-10-16-28/h11-12,17-21,27-28H,5-10,13-16H2,1-4H3. The van der Waals surface area contributed by atoms with Crippen LogP contribution in [0.1, 0.15) is 93.5 Å². The van der Waals surface area contributed by atoms with Crippen molar-refractivity contribution in [2.75, 3.05) is 0 Å². The lowest BCUT2D eigenvalue weighted by Gasteiger charge is -2.39. The van der Waals surface area contributed by atoms with Gasteiger partial charge >= 0.3 is 0 Å². The fourth-order valence-corrected chi connectivity index (χ4v) is 10.4. The van der Waals surface area contributed by atoms with Crippen molar-refractivity contribution in [1.29, 1.82) is 0 Å². The SMILES string of the molecule is CC(=Nc1c(C)cc(C)cc1C)c1ccc2cccc(P(C3CCCCC3)C3CCCCC3)c2n1. The first-order valence-electron chi connectivity index (χ1n) is 13.8. The minimum atomic E-state index is -0.188. The molecule has 184 valence electrons. The van der Waals surface area contributed by atoms with Crippen molar-refractivity contribution in [3.05, 3.63) is 64.8 Å². The molecule has 3 heteroatoms. The zero-order valence-electron chi connectivity index (χ0n) is 22.1. The Hall–Kier alpha value is -2.05. The quantitative estimate of drug-likeness (QED) is 0.262. The molecular formula is C32H41N2P. The zero-order valence-corrected chi connectivity index (χ0v) is 23.0. The number of aryl methyl sites for hydroxylation is 3. The van der Waals surface area contributed by atoms with Gasteiger partial charge in [-0.1, -0.05) is 88.4 Å².